The number of benzene rings is 2. The fraction of sp³-hybridized carbons (Fsp3) is 0.391. The second-order valence-corrected chi connectivity index (χ2v) is 10.0. The average Bonchev–Trinajstić information content (AvgIpc) is 2.84. The van der Waals surface area contributed by atoms with E-state index >= 15 is 0 Å². The molecule has 0 bridgehead atoms. The number of amides is 2. The first-order chi connectivity index (χ1) is 15.8. The first-order valence-electron chi connectivity index (χ1n) is 10.9. The van der Waals surface area contributed by atoms with Crippen LogP contribution in [0.3, 0.4) is 0 Å². The SMILES string of the molecule is C[C@H](NC(=O)C1CCCN(S(=O)(=O)c2ccccc2)C1)C(=O)Nc1ccc2c(c1)OCCO2. The minimum Gasteiger partial charge on any atom is -0.486 e. The van der Waals surface area contributed by atoms with E-state index in [4.69, 9.17) is 9.47 Å². The number of nitrogens with zero attached hydrogens (tertiary/aromatic N) is 1. The molecule has 9 nitrogen and oxygen atoms in total. The highest BCUT2D eigenvalue weighted by Gasteiger charge is 2.34. The van der Waals surface area contributed by atoms with Gasteiger partial charge in [0, 0.05) is 24.8 Å². The Balaban J connectivity index is 1.35. The average molecular weight is 474 g/mol. The summed E-state index contributed by atoms with van der Waals surface area (Å²) in [5.74, 6) is -0.0789. The third-order valence-corrected chi connectivity index (χ3v) is 7.58. The number of nitrogens with one attached hydrogen (secondary N) is 2. The summed E-state index contributed by atoms with van der Waals surface area (Å²) in [6.07, 6.45) is 1.13. The van der Waals surface area contributed by atoms with Crippen LogP contribution in [0.1, 0.15) is 19.8 Å². The predicted molar refractivity (Wildman–Crippen MR) is 122 cm³/mol. The van der Waals surface area contributed by atoms with Crippen LogP contribution in [-0.2, 0) is 19.6 Å². The number of ether oxygens (including phenoxy) is 2. The number of hydrogen-bond donors (Lipinski definition) is 2. The van der Waals surface area contributed by atoms with Crippen molar-refractivity contribution in [3.8, 4) is 11.5 Å². The molecule has 2 amide bonds. The molecule has 2 aliphatic rings. The van der Waals surface area contributed by atoms with Gasteiger partial charge in [0.25, 0.3) is 0 Å². The first kappa shape index (κ1) is 23.1. The highest BCUT2D eigenvalue weighted by molar-refractivity contribution is 7.89. The lowest BCUT2D eigenvalue weighted by Gasteiger charge is -2.31. The van der Waals surface area contributed by atoms with Crippen LogP contribution in [-0.4, -0.2) is 56.9 Å². The molecule has 4 rings (SSSR count). The lowest BCUT2D eigenvalue weighted by atomic mass is 9.98. The molecule has 10 heteroatoms. The number of piperidine rings is 1. The summed E-state index contributed by atoms with van der Waals surface area (Å²) >= 11 is 0. The van der Waals surface area contributed by atoms with E-state index in [1.54, 1.807) is 55.5 Å². The van der Waals surface area contributed by atoms with Crippen LogP contribution in [0.25, 0.3) is 0 Å². The van der Waals surface area contributed by atoms with Crippen LogP contribution in [0.2, 0.25) is 0 Å². The van der Waals surface area contributed by atoms with Crippen molar-refractivity contribution in [2.45, 2.75) is 30.7 Å². The molecule has 2 N–H and O–H groups in total. The molecule has 33 heavy (non-hydrogen) atoms. The van der Waals surface area contributed by atoms with Crippen molar-refractivity contribution in [3.63, 3.8) is 0 Å². The lowest BCUT2D eigenvalue weighted by Crippen LogP contribution is -2.49. The van der Waals surface area contributed by atoms with Crippen LogP contribution in [0, 0.1) is 5.92 Å². The molecular weight excluding hydrogens is 446 g/mol. The zero-order valence-electron chi connectivity index (χ0n) is 18.3. The van der Waals surface area contributed by atoms with Crippen LogP contribution in [0.5, 0.6) is 11.5 Å². The Bertz CT molecular complexity index is 1120. The van der Waals surface area contributed by atoms with Gasteiger partial charge >= 0.3 is 0 Å². The molecule has 2 aromatic carbocycles. The van der Waals surface area contributed by atoms with Gasteiger partial charge in [-0.3, -0.25) is 9.59 Å². The van der Waals surface area contributed by atoms with E-state index in [0.717, 1.165) is 0 Å². The van der Waals surface area contributed by atoms with E-state index in [1.807, 2.05) is 0 Å². The van der Waals surface area contributed by atoms with Crippen molar-refractivity contribution < 1.29 is 27.5 Å². The van der Waals surface area contributed by atoms with Gasteiger partial charge < -0.3 is 20.1 Å². The van der Waals surface area contributed by atoms with E-state index in [-0.39, 0.29) is 23.3 Å². The highest BCUT2D eigenvalue weighted by Crippen LogP contribution is 2.32. The predicted octanol–water partition coefficient (Wildman–Crippen LogP) is 2.00. The fourth-order valence-electron chi connectivity index (χ4n) is 3.88. The molecule has 0 aromatic heterocycles. The minimum absolute atomic E-state index is 0.0829. The Morgan fingerprint density at radius 1 is 1.06 bits per heavy atom. The lowest BCUT2D eigenvalue weighted by molar-refractivity contribution is -0.129. The minimum atomic E-state index is -3.67. The zero-order chi connectivity index (χ0) is 23.4. The van der Waals surface area contributed by atoms with Crippen molar-refractivity contribution in [1.82, 2.24) is 9.62 Å². The quantitative estimate of drug-likeness (QED) is 0.663. The number of carbonyl (C=O) groups excluding carboxylic acids is 2. The zero-order valence-corrected chi connectivity index (χ0v) is 19.1. The summed E-state index contributed by atoms with van der Waals surface area (Å²) < 4.78 is 38.1. The van der Waals surface area contributed by atoms with Gasteiger partial charge in [-0.2, -0.15) is 4.31 Å². The largest absolute Gasteiger partial charge is 0.486 e. The number of anilines is 1. The molecule has 2 aromatic rings. The van der Waals surface area contributed by atoms with Gasteiger partial charge in [-0.05, 0) is 44.0 Å². The van der Waals surface area contributed by atoms with Crippen molar-refractivity contribution in [1.29, 1.82) is 0 Å². The molecule has 1 fully saturated rings. The Labute approximate surface area is 193 Å². The van der Waals surface area contributed by atoms with Crippen molar-refractivity contribution >= 4 is 27.5 Å². The Kier molecular flexibility index (Phi) is 6.85. The Morgan fingerprint density at radius 3 is 2.55 bits per heavy atom. The van der Waals surface area contributed by atoms with E-state index in [2.05, 4.69) is 10.6 Å². The molecule has 0 radical (unpaired) electrons. The van der Waals surface area contributed by atoms with Gasteiger partial charge in [-0.15, -0.1) is 0 Å². The van der Waals surface area contributed by atoms with Crippen molar-refractivity contribution in [3.05, 3.63) is 48.5 Å². The Hall–Kier alpha value is -3.11. The van der Waals surface area contributed by atoms with Gasteiger partial charge in [-0.25, -0.2) is 8.42 Å². The topological polar surface area (TPSA) is 114 Å². The van der Waals surface area contributed by atoms with Gasteiger partial charge in [0.05, 0.1) is 10.8 Å². The van der Waals surface area contributed by atoms with E-state index in [0.29, 0.717) is 49.8 Å². The van der Waals surface area contributed by atoms with Crippen LogP contribution in [0.4, 0.5) is 5.69 Å². The molecule has 176 valence electrons. The molecule has 1 unspecified atom stereocenters. The number of hydrogen-bond acceptors (Lipinski definition) is 6. The van der Waals surface area contributed by atoms with Crippen LogP contribution in [0.15, 0.2) is 53.4 Å². The molecule has 2 atom stereocenters. The third-order valence-electron chi connectivity index (χ3n) is 5.70. The molecule has 0 spiro atoms. The van der Waals surface area contributed by atoms with E-state index < -0.39 is 22.0 Å². The first-order valence-corrected chi connectivity index (χ1v) is 12.3. The smallest absolute Gasteiger partial charge is 0.246 e. The molecule has 1 saturated heterocycles. The summed E-state index contributed by atoms with van der Waals surface area (Å²) in [6, 6.07) is 12.5. The summed E-state index contributed by atoms with van der Waals surface area (Å²) in [4.78, 5) is 25.6. The van der Waals surface area contributed by atoms with Gasteiger partial charge in [-0.1, -0.05) is 18.2 Å². The monoisotopic (exact) mass is 473 g/mol. The number of carbonyl (C=O) groups is 2. The summed E-state index contributed by atoms with van der Waals surface area (Å²) in [7, 11) is -3.67. The molecule has 2 heterocycles. The number of sulfonamides is 1. The van der Waals surface area contributed by atoms with E-state index in [1.165, 1.54) is 4.31 Å². The fourth-order valence-corrected chi connectivity index (χ4v) is 5.43. The third kappa shape index (κ3) is 5.28. The summed E-state index contributed by atoms with van der Waals surface area (Å²) in [5.41, 5.74) is 0.531. The van der Waals surface area contributed by atoms with Crippen molar-refractivity contribution in [2.24, 2.45) is 5.92 Å². The maximum absolute atomic E-state index is 12.9. The molecule has 0 saturated carbocycles. The second kappa shape index (κ2) is 9.80. The normalized spacial score (nSPS) is 19.4. The van der Waals surface area contributed by atoms with Crippen LogP contribution < -0.4 is 20.1 Å². The van der Waals surface area contributed by atoms with Crippen molar-refractivity contribution in [2.75, 3.05) is 31.6 Å². The molecule has 0 aliphatic carbocycles. The summed E-state index contributed by atoms with van der Waals surface area (Å²) in [5, 5.41) is 5.47. The van der Waals surface area contributed by atoms with Gasteiger partial charge in [0.15, 0.2) is 11.5 Å². The van der Waals surface area contributed by atoms with Crippen LogP contribution >= 0.6 is 0 Å². The molecular formula is C23H27N3O6S. The van der Waals surface area contributed by atoms with Gasteiger partial charge in [0.1, 0.15) is 19.3 Å². The number of fused-ring (bicyclic) bond motifs is 1. The number of rotatable bonds is 6. The molecule has 2 aliphatic heterocycles. The second-order valence-electron chi connectivity index (χ2n) is 8.09. The highest BCUT2D eigenvalue weighted by atomic mass is 32.2. The summed E-state index contributed by atoms with van der Waals surface area (Å²) in [6.45, 7) is 2.95. The maximum atomic E-state index is 12.9. The van der Waals surface area contributed by atoms with Gasteiger partial charge in [0.2, 0.25) is 21.8 Å². The Morgan fingerprint density at radius 2 is 1.79 bits per heavy atom. The maximum Gasteiger partial charge on any atom is 0.246 e. The van der Waals surface area contributed by atoms with E-state index in [9.17, 15) is 18.0 Å². The standard InChI is InChI=1S/C23H27N3O6S/c1-16(22(27)25-18-9-10-20-21(14-18)32-13-12-31-20)24-23(28)17-6-5-11-26(15-17)33(29,30)19-7-3-2-4-8-19/h2-4,7-10,14,16-17H,5-6,11-13,15H2,1H3,(H,24,28)(H,25,27)/t16-,17?/m0/s1.